The first-order valence-electron chi connectivity index (χ1n) is 4.08. The lowest BCUT2D eigenvalue weighted by atomic mass is 10.4. The Balaban J connectivity index is 2.74. The molecule has 0 aliphatic carbocycles. The second kappa shape index (κ2) is 5.05. The van der Waals surface area contributed by atoms with Gasteiger partial charge in [0.05, 0.1) is 0 Å². The predicted octanol–water partition coefficient (Wildman–Crippen LogP) is 2.45. The summed E-state index contributed by atoms with van der Waals surface area (Å²) in [5.41, 5.74) is -0.343. The molecule has 0 fully saturated rings. The quantitative estimate of drug-likeness (QED) is 0.794. The summed E-state index contributed by atoms with van der Waals surface area (Å²) >= 11 is 5.66. The molecule has 0 amide bonds. The number of nitrogens with zero attached hydrogens (tertiary/aromatic N) is 2. The molecule has 3 nitrogen and oxygen atoms in total. The maximum absolute atomic E-state index is 12.4. The third-order valence-electron chi connectivity index (χ3n) is 1.48. The van der Waals surface area contributed by atoms with Gasteiger partial charge in [-0.25, -0.2) is 18.7 Å². The molecule has 6 heteroatoms. The predicted molar refractivity (Wildman–Crippen MR) is 50.8 cm³/mol. The fraction of sp³-hybridized carbons (Fsp3) is 0.500. The summed E-state index contributed by atoms with van der Waals surface area (Å²) in [6, 6.07) is 0. The molecule has 1 aromatic heterocycles. The maximum Gasteiger partial charge on any atom is 0.283 e. The van der Waals surface area contributed by atoms with Crippen molar-refractivity contribution in [3.8, 4) is 0 Å². The van der Waals surface area contributed by atoms with Gasteiger partial charge in [-0.15, -0.1) is 11.6 Å². The van der Waals surface area contributed by atoms with E-state index in [0.29, 0.717) is 6.54 Å². The van der Waals surface area contributed by atoms with Gasteiger partial charge < -0.3 is 5.32 Å². The van der Waals surface area contributed by atoms with Gasteiger partial charge in [-0.1, -0.05) is 0 Å². The number of hydrogen-bond acceptors (Lipinski definition) is 3. The first-order valence-corrected chi connectivity index (χ1v) is 4.52. The van der Waals surface area contributed by atoms with Gasteiger partial charge in [0.25, 0.3) is 6.43 Å². The fourth-order valence-electron chi connectivity index (χ4n) is 0.882. The molecule has 14 heavy (non-hydrogen) atoms. The van der Waals surface area contributed by atoms with Gasteiger partial charge in [0.15, 0.2) is 5.82 Å². The third kappa shape index (κ3) is 3.06. The molecule has 0 radical (unpaired) electrons. The molecule has 0 aliphatic heterocycles. The number of rotatable bonds is 4. The van der Waals surface area contributed by atoms with Crippen LogP contribution in [0.15, 0.2) is 12.4 Å². The zero-order valence-corrected chi connectivity index (χ0v) is 8.30. The molecule has 78 valence electrons. The van der Waals surface area contributed by atoms with Crippen molar-refractivity contribution in [3.63, 3.8) is 0 Å². The van der Waals surface area contributed by atoms with E-state index in [2.05, 4.69) is 15.3 Å². The Bertz CT molecular complexity index is 294. The Morgan fingerprint density at radius 2 is 2.07 bits per heavy atom. The van der Waals surface area contributed by atoms with Crippen LogP contribution in [0.2, 0.25) is 0 Å². The van der Waals surface area contributed by atoms with E-state index in [1.165, 1.54) is 12.4 Å². The van der Waals surface area contributed by atoms with Crippen molar-refractivity contribution in [1.29, 1.82) is 0 Å². The molecule has 1 N–H and O–H groups in total. The first-order chi connectivity index (χ1) is 6.61. The molecule has 1 rings (SSSR count). The molecular weight excluding hydrogens is 212 g/mol. The van der Waals surface area contributed by atoms with Gasteiger partial charge in [0, 0.05) is 24.3 Å². The summed E-state index contributed by atoms with van der Waals surface area (Å²) in [6.07, 6.45) is -0.0407. The van der Waals surface area contributed by atoms with Crippen LogP contribution in [0.1, 0.15) is 19.0 Å². The second-order valence-corrected chi connectivity index (χ2v) is 3.50. The van der Waals surface area contributed by atoms with Crippen molar-refractivity contribution in [1.82, 2.24) is 9.97 Å². The summed E-state index contributed by atoms with van der Waals surface area (Å²) in [5, 5.41) is 2.56. The summed E-state index contributed by atoms with van der Waals surface area (Å²) in [4.78, 5) is 7.30. The molecule has 1 heterocycles. The lowest BCUT2D eigenvalue weighted by molar-refractivity contribution is 0.146. The van der Waals surface area contributed by atoms with Gasteiger partial charge in [0.2, 0.25) is 0 Å². The van der Waals surface area contributed by atoms with Gasteiger partial charge in [-0.05, 0) is 6.92 Å². The van der Waals surface area contributed by atoms with Crippen LogP contribution >= 0.6 is 11.6 Å². The minimum absolute atomic E-state index is 0.0926. The minimum atomic E-state index is -2.63. The highest BCUT2D eigenvalue weighted by atomic mass is 35.5. The number of aromatic nitrogens is 2. The van der Waals surface area contributed by atoms with E-state index in [1.54, 1.807) is 6.92 Å². The van der Waals surface area contributed by atoms with Crippen LogP contribution in [0.5, 0.6) is 0 Å². The van der Waals surface area contributed by atoms with Crippen LogP contribution in [0.25, 0.3) is 0 Å². The summed E-state index contributed by atoms with van der Waals surface area (Å²) in [6.45, 7) is 2.13. The van der Waals surface area contributed by atoms with Crippen LogP contribution < -0.4 is 5.32 Å². The molecule has 0 aliphatic rings. The van der Waals surface area contributed by atoms with Crippen LogP contribution in [0.4, 0.5) is 14.6 Å². The Labute approximate surface area is 85.5 Å². The normalized spacial score (nSPS) is 12.9. The first kappa shape index (κ1) is 11.1. The number of anilines is 1. The van der Waals surface area contributed by atoms with Crippen molar-refractivity contribution in [3.05, 3.63) is 18.1 Å². The molecule has 0 saturated carbocycles. The highest BCUT2D eigenvalue weighted by Crippen LogP contribution is 2.22. The van der Waals surface area contributed by atoms with Gasteiger partial charge >= 0.3 is 0 Å². The lowest BCUT2D eigenvalue weighted by Gasteiger charge is -2.09. The molecular formula is C8H10ClF2N3. The summed E-state index contributed by atoms with van der Waals surface area (Å²) in [7, 11) is 0. The van der Waals surface area contributed by atoms with E-state index in [0.717, 1.165) is 0 Å². The second-order valence-electron chi connectivity index (χ2n) is 2.75. The largest absolute Gasteiger partial charge is 0.367 e. The molecule has 1 aromatic rings. The highest BCUT2D eigenvalue weighted by molar-refractivity contribution is 6.20. The number of nitrogens with one attached hydrogen (secondary N) is 1. The van der Waals surface area contributed by atoms with Crippen LogP contribution in [-0.2, 0) is 0 Å². The van der Waals surface area contributed by atoms with Gasteiger partial charge in [-0.2, -0.15) is 0 Å². The standard InChI is InChI=1S/C8H10ClF2N3/c1-5(9)4-14-8-6(7(10)11)12-2-3-13-8/h2-3,5,7H,4H2,1H3,(H,13,14). The summed E-state index contributed by atoms with van der Waals surface area (Å²) < 4.78 is 24.8. The number of hydrogen-bond donors (Lipinski definition) is 1. The molecule has 0 bridgehead atoms. The number of halogens is 3. The van der Waals surface area contributed by atoms with Crippen molar-refractivity contribution in [2.75, 3.05) is 11.9 Å². The van der Waals surface area contributed by atoms with Gasteiger partial charge in [0.1, 0.15) is 5.69 Å². The Hall–Kier alpha value is -0.970. The van der Waals surface area contributed by atoms with E-state index in [-0.39, 0.29) is 16.9 Å². The van der Waals surface area contributed by atoms with Crippen molar-refractivity contribution in [2.24, 2.45) is 0 Å². The monoisotopic (exact) mass is 221 g/mol. The third-order valence-corrected chi connectivity index (χ3v) is 1.64. The minimum Gasteiger partial charge on any atom is -0.367 e. The van der Waals surface area contributed by atoms with E-state index >= 15 is 0 Å². The highest BCUT2D eigenvalue weighted by Gasteiger charge is 2.15. The average Bonchev–Trinajstić information content (AvgIpc) is 2.15. The average molecular weight is 222 g/mol. The zero-order valence-electron chi connectivity index (χ0n) is 7.54. The smallest absolute Gasteiger partial charge is 0.283 e. The van der Waals surface area contributed by atoms with Crippen molar-refractivity contribution in [2.45, 2.75) is 18.7 Å². The Morgan fingerprint density at radius 1 is 1.43 bits per heavy atom. The number of alkyl halides is 3. The molecule has 0 saturated heterocycles. The summed E-state index contributed by atoms with van der Waals surface area (Å²) in [5.74, 6) is 0.0926. The lowest BCUT2D eigenvalue weighted by Crippen LogP contribution is -2.13. The Morgan fingerprint density at radius 3 is 2.64 bits per heavy atom. The Kier molecular flexibility index (Phi) is 4.00. The van der Waals surface area contributed by atoms with Crippen LogP contribution in [0, 0.1) is 0 Å². The molecule has 1 atom stereocenters. The maximum atomic E-state index is 12.4. The van der Waals surface area contributed by atoms with E-state index in [4.69, 9.17) is 11.6 Å². The van der Waals surface area contributed by atoms with Crippen LogP contribution in [-0.4, -0.2) is 21.9 Å². The van der Waals surface area contributed by atoms with E-state index in [9.17, 15) is 8.78 Å². The van der Waals surface area contributed by atoms with Gasteiger partial charge in [-0.3, -0.25) is 0 Å². The molecule has 0 aromatic carbocycles. The molecule has 0 spiro atoms. The van der Waals surface area contributed by atoms with Crippen molar-refractivity contribution < 1.29 is 8.78 Å². The fourth-order valence-corrected chi connectivity index (χ4v) is 0.959. The van der Waals surface area contributed by atoms with Crippen molar-refractivity contribution >= 4 is 17.4 Å². The van der Waals surface area contributed by atoms with E-state index in [1.807, 2.05) is 0 Å². The SMILES string of the molecule is CC(Cl)CNc1nccnc1C(F)F. The van der Waals surface area contributed by atoms with Crippen LogP contribution in [0.3, 0.4) is 0 Å². The van der Waals surface area contributed by atoms with E-state index < -0.39 is 6.43 Å². The molecule has 1 unspecified atom stereocenters. The topological polar surface area (TPSA) is 37.8 Å². The zero-order chi connectivity index (χ0) is 10.6.